The van der Waals surface area contributed by atoms with Crippen molar-refractivity contribution in [1.82, 2.24) is 19.9 Å². The molecule has 1 fully saturated rings. The fraction of sp³-hybridized carbons (Fsp3) is 0.235. The summed E-state index contributed by atoms with van der Waals surface area (Å²) >= 11 is 5.95. The van der Waals surface area contributed by atoms with Crippen molar-refractivity contribution in [2.24, 2.45) is 0 Å². The number of carbonyl (C=O) groups is 1. The number of aromatic nitrogens is 3. The molecule has 2 aromatic heterocycles. The minimum atomic E-state index is -0.123. The molecule has 1 N–H and O–H groups in total. The van der Waals surface area contributed by atoms with Gasteiger partial charge in [-0.1, -0.05) is 23.7 Å². The van der Waals surface area contributed by atoms with E-state index >= 15 is 0 Å². The van der Waals surface area contributed by atoms with Gasteiger partial charge in [-0.2, -0.15) is 0 Å². The monoisotopic (exact) mass is 326 g/mol. The van der Waals surface area contributed by atoms with Gasteiger partial charge < -0.3 is 5.32 Å². The molecule has 2 heterocycles. The van der Waals surface area contributed by atoms with Gasteiger partial charge in [0.05, 0.1) is 5.56 Å². The van der Waals surface area contributed by atoms with Crippen LogP contribution in [0.25, 0.3) is 5.65 Å². The van der Waals surface area contributed by atoms with E-state index in [4.69, 9.17) is 11.6 Å². The van der Waals surface area contributed by atoms with Crippen LogP contribution in [0.5, 0.6) is 0 Å². The lowest BCUT2D eigenvalue weighted by molar-refractivity contribution is 0.0950. The number of hydrogen-bond acceptors (Lipinski definition) is 3. The Kier molecular flexibility index (Phi) is 3.50. The van der Waals surface area contributed by atoms with Gasteiger partial charge in [0.25, 0.3) is 5.91 Å². The number of carbonyl (C=O) groups excluding carboxylic acids is 1. The molecule has 23 heavy (non-hydrogen) atoms. The summed E-state index contributed by atoms with van der Waals surface area (Å²) in [5.41, 5.74) is 2.34. The molecule has 3 aromatic rings. The Morgan fingerprint density at radius 3 is 2.91 bits per heavy atom. The highest BCUT2D eigenvalue weighted by Crippen LogP contribution is 2.38. The molecule has 0 radical (unpaired) electrons. The van der Waals surface area contributed by atoms with Crippen molar-refractivity contribution < 1.29 is 4.79 Å². The van der Waals surface area contributed by atoms with Gasteiger partial charge in [0.15, 0.2) is 5.65 Å². The molecule has 1 aliphatic carbocycles. The van der Waals surface area contributed by atoms with Crippen molar-refractivity contribution in [2.45, 2.75) is 25.3 Å². The van der Waals surface area contributed by atoms with E-state index < -0.39 is 0 Å². The smallest absolute Gasteiger partial charge is 0.253 e. The number of hydrogen-bond donors (Lipinski definition) is 1. The Balaban J connectivity index is 1.53. The first-order valence-corrected chi connectivity index (χ1v) is 7.96. The lowest BCUT2D eigenvalue weighted by atomic mass is 10.2. The van der Waals surface area contributed by atoms with Crippen LogP contribution < -0.4 is 5.32 Å². The molecule has 0 unspecified atom stereocenters. The first-order valence-electron chi connectivity index (χ1n) is 7.58. The number of nitrogens with one attached hydrogen (secondary N) is 1. The lowest BCUT2D eigenvalue weighted by Gasteiger charge is -2.07. The Hall–Kier alpha value is -2.40. The number of amides is 1. The molecule has 0 atom stereocenters. The van der Waals surface area contributed by atoms with Crippen LogP contribution in [0.3, 0.4) is 0 Å². The minimum absolute atomic E-state index is 0.123. The molecule has 5 nitrogen and oxygen atoms in total. The second-order valence-electron chi connectivity index (χ2n) is 5.79. The Bertz CT molecular complexity index is 885. The normalized spacial score (nSPS) is 14.1. The molecular formula is C17H15ClN4O. The maximum absolute atomic E-state index is 12.4. The summed E-state index contributed by atoms with van der Waals surface area (Å²) in [5, 5.41) is 12.0. The predicted molar refractivity (Wildman–Crippen MR) is 87.6 cm³/mol. The summed E-state index contributed by atoms with van der Waals surface area (Å²) in [6.45, 7) is 0.440. The molecule has 0 bridgehead atoms. The van der Waals surface area contributed by atoms with Crippen LogP contribution >= 0.6 is 11.6 Å². The van der Waals surface area contributed by atoms with E-state index in [9.17, 15) is 4.79 Å². The number of pyridine rings is 1. The van der Waals surface area contributed by atoms with Gasteiger partial charge in [0.1, 0.15) is 5.82 Å². The molecule has 0 spiro atoms. The average molecular weight is 327 g/mol. The summed E-state index contributed by atoms with van der Waals surface area (Å²) in [6, 6.07) is 11.1. The van der Waals surface area contributed by atoms with Crippen molar-refractivity contribution in [3.8, 4) is 0 Å². The zero-order valence-electron chi connectivity index (χ0n) is 12.4. The summed E-state index contributed by atoms with van der Waals surface area (Å²) < 4.78 is 1.92. The van der Waals surface area contributed by atoms with Gasteiger partial charge in [0.2, 0.25) is 0 Å². The molecule has 0 aliphatic heterocycles. The summed E-state index contributed by atoms with van der Waals surface area (Å²) in [6.07, 6.45) is 4.11. The van der Waals surface area contributed by atoms with E-state index in [0.717, 1.165) is 29.9 Å². The van der Waals surface area contributed by atoms with E-state index in [-0.39, 0.29) is 5.91 Å². The second-order valence-corrected chi connectivity index (χ2v) is 6.23. The van der Waals surface area contributed by atoms with Crippen LogP contribution in [0.4, 0.5) is 0 Å². The largest absolute Gasteiger partial charge is 0.348 e. The van der Waals surface area contributed by atoms with E-state index in [1.54, 1.807) is 6.07 Å². The Morgan fingerprint density at radius 1 is 1.26 bits per heavy atom. The number of fused-ring (bicyclic) bond motifs is 1. The highest BCUT2D eigenvalue weighted by atomic mass is 35.5. The van der Waals surface area contributed by atoms with Crippen molar-refractivity contribution in [2.75, 3.05) is 0 Å². The fourth-order valence-corrected chi connectivity index (χ4v) is 2.81. The molecule has 1 aromatic carbocycles. The first kappa shape index (κ1) is 14.2. The second kappa shape index (κ2) is 5.66. The summed E-state index contributed by atoms with van der Waals surface area (Å²) in [4.78, 5) is 12.4. The Morgan fingerprint density at radius 2 is 2.13 bits per heavy atom. The van der Waals surface area contributed by atoms with E-state index in [0.29, 0.717) is 23.0 Å². The quantitative estimate of drug-likeness (QED) is 0.801. The highest BCUT2D eigenvalue weighted by Gasteiger charge is 2.28. The zero-order chi connectivity index (χ0) is 15.8. The van der Waals surface area contributed by atoms with Crippen molar-refractivity contribution >= 4 is 23.2 Å². The third kappa shape index (κ3) is 2.92. The van der Waals surface area contributed by atoms with Gasteiger partial charge in [-0.05, 0) is 42.7 Å². The molecule has 1 aliphatic rings. The van der Waals surface area contributed by atoms with Crippen molar-refractivity contribution in [1.29, 1.82) is 0 Å². The first-order chi connectivity index (χ1) is 11.2. The molecule has 4 rings (SSSR count). The van der Waals surface area contributed by atoms with Gasteiger partial charge in [-0.15, -0.1) is 10.2 Å². The summed E-state index contributed by atoms with van der Waals surface area (Å²) in [5.74, 6) is 1.31. The van der Waals surface area contributed by atoms with Crippen molar-refractivity contribution in [3.63, 3.8) is 0 Å². The van der Waals surface area contributed by atoms with E-state index in [2.05, 4.69) is 15.5 Å². The topological polar surface area (TPSA) is 59.3 Å². The SMILES string of the molecule is O=C(NCc1cccc(Cl)c1)c1ccc2nnc(C3CC3)n2c1. The van der Waals surface area contributed by atoms with Crippen LogP contribution in [-0.2, 0) is 6.54 Å². The highest BCUT2D eigenvalue weighted by molar-refractivity contribution is 6.30. The van der Waals surface area contributed by atoms with Gasteiger partial charge in [-0.25, -0.2) is 0 Å². The average Bonchev–Trinajstić information content (AvgIpc) is 3.31. The summed E-state index contributed by atoms with van der Waals surface area (Å²) in [7, 11) is 0. The van der Waals surface area contributed by atoms with Crippen LogP contribution in [0.1, 0.15) is 40.5 Å². The molecule has 1 saturated carbocycles. The van der Waals surface area contributed by atoms with Gasteiger partial charge in [0, 0.05) is 23.7 Å². The maximum Gasteiger partial charge on any atom is 0.253 e. The Labute approximate surface area is 138 Å². The molecule has 116 valence electrons. The van der Waals surface area contributed by atoms with Crippen LogP contribution in [0.2, 0.25) is 5.02 Å². The molecule has 6 heteroatoms. The number of benzene rings is 1. The van der Waals surface area contributed by atoms with Crippen LogP contribution in [0, 0.1) is 0 Å². The van der Waals surface area contributed by atoms with Crippen LogP contribution in [0.15, 0.2) is 42.6 Å². The molecule has 1 amide bonds. The van der Waals surface area contributed by atoms with Crippen LogP contribution in [-0.4, -0.2) is 20.5 Å². The third-order valence-corrected chi connectivity index (χ3v) is 4.21. The standard InChI is InChI=1S/C17H15ClN4O/c18-14-3-1-2-11(8-14)9-19-17(23)13-6-7-15-20-21-16(12-4-5-12)22(15)10-13/h1-3,6-8,10,12H,4-5,9H2,(H,19,23). The fourth-order valence-electron chi connectivity index (χ4n) is 2.59. The predicted octanol–water partition coefficient (Wildman–Crippen LogP) is 3.19. The minimum Gasteiger partial charge on any atom is -0.348 e. The van der Waals surface area contributed by atoms with Crippen molar-refractivity contribution in [3.05, 3.63) is 64.6 Å². The third-order valence-electron chi connectivity index (χ3n) is 3.98. The molecular weight excluding hydrogens is 312 g/mol. The number of halogens is 1. The maximum atomic E-state index is 12.4. The van der Waals surface area contributed by atoms with E-state index in [1.165, 1.54) is 0 Å². The number of nitrogens with zero attached hydrogens (tertiary/aromatic N) is 3. The molecule has 0 saturated heterocycles. The lowest BCUT2D eigenvalue weighted by Crippen LogP contribution is -2.23. The van der Waals surface area contributed by atoms with E-state index in [1.807, 2.05) is 40.9 Å². The van der Waals surface area contributed by atoms with Gasteiger partial charge in [-0.3, -0.25) is 9.20 Å². The zero-order valence-corrected chi connectivity index (χ0v) is 13.1. The van der Waals surface area contributed by atoms with Gasteiger partial charge >= 0.3 is 0 Å². The number of rotatable bonds is 4.